The van der Waals surface area contributed by atoms with Crippen molar-refractivity contribution in [2.24, 2.45) is 0 Å². The van der Waals surface area contributed by atoms with Crippen LogP contribution in [0.4, 0.5) is 10.5 Å². The summed E-state index contributed by atoms with van der Waals surface area (Å²) in [4.78, 5) is 42.5. The molecule has 1 aromatic heterocycles. The van der Waals surface area contributed by atoms with Crippen molar-refractivity contribution in [3.8, 4) is 11.8 Å². The Bertz CT molecular complexity index is 1750. The van der Waals surface area contributed by atoms with E-state index in [0.29, 0.717) is 11.1 Å². The molecule has 2 aliphatic rings. The van der Waals surface area contributed by atoms with Crippen molar-refractivity contribution in [3.63, 3.8) is 0 Å². The van der Waals surface area contributed by atoms with Gasteiger partial charge < -0.3 is 14.4 Å². The molecule has 2 saturated heterocycles. The van der Waals surface area contributed by atoms with Gasteiger partial charge in [-0.25, -0.2) is 22.9 Å². The fraction of sp³-hybridized carbons (Fsp3) is 0.259. The van der Waals surface area contributed by atoms with Gasteiger partial charge in [0.2, 0.25) is 0 Å². The number of urea groups is 1. The lowest BCUT2D eigenvalue weighted by Crippen LogP contribution is -2.53. The SMILES string of the molecule is COC(=O)c1csc(S(=O)(=O)N2C[C@@H](c3ccc(C#N)cc3)[C@]3(C2)C(=O)N(c2cc(Cl)cc(Cl)c2)C(=O)N3C)c1OC. The van der Waals surface area contributed by atoms with Crippen molar-refractivity contribution in [1.82, 2.24) is 9.21 Å². The van der Waals surface area contributed by atoms with E-state index in [1.807, 2.05) is 6.07 Å². The fourth-order valence-corrected chi connectivity index (χ4v) is 8.98. The molecule has 0 bridgehead atoms. The van der Waals surface area contributed by atoms with E-state index >= 15 is 0 Å². The van der Waals surface area contributed by atoms with Gasteiger partial charge >= 0.3 is 12.0 Å². The smallest absolute Gasteiger partial charge is 0.342 e. The van der Waals surface area contributed by atoms with Gasteiger partial charge in [0.05, 0.1) is 31.5 Å². The second-order valence-electron chi connectivity index (χ2n) is 9.58. The number of rotatable bonds is 6. The van der Waals surface area contributed by atoms with E-state index in [4.69, 9.17) is 32.7 Å². The minimum atomic E-state index is -4.36. The maximum absolute atomic E-state index is 14.4. The van der Waals surface area contributed by atoms with Gasteiger partial charge in [0.15, 0.2) is 9.96 Å². The molecule has 2 aromatic carbocycles. The first-order valence-electron chi connectivity index (χ1n) is 12.2. The molecule has 0 radical (unpaired) electrons. The lowest BCUT2D eigenvalue weighted by Gasteiger charge is -2.33. The number of thiophene rings is 1. The molecule has 11 nitrogen and oxygen atoms in total. The Morgan fingerprint density at radius 2 is 1.76 bits per heavy atom. The zero-order chi connectivity index (χ0) is 30.6. The summed E-state index contributed by atoms with van der Waals surface area (Å²) in [5.41, 5.74) is -0.698. The molecule has 1 spiro atoms. The number of nitriles is 1. The molecule has 2 aliphatic heterocycles. The van der Waals surface area contributed by atoms with Gasteiger partial charge in [-0.15, -0.1) is 11.3 Å². The van der Waals surface area contributed by atoms with Gasteiger partial charge in [-0.05, 0) is 35.9 Å². The van der Waals surface area contributed by atoms with Crippen LogP contribution in [0.5, 0.6) is 5.75 Å². The molecule has 0 N–H and O–H groups in total. The number of sulfonamides is 1. The lowest BCUT2D eigenvalue weighted by molar-refractivity contribution is -0.124. The number of halogens is 2. The third-order valence-corrected chi connectivity index (χ3v) is 11.2. The Labute approximate surface area is 255 Å². The Morgan fingerprint density at radius 3 is 2.33 bits per heavy atom. The lowest BCUT2D eigenvalue weighted by atomic mass is 9.80. The van der Waals surface area contributed by atoms with Crippen LogP contribution in [0.15, 0.2) is 52.1 Å². The van der Waals surface area contributed by atoms with Gasteiger partial charge in [-0.3, -0.25) is 4.79 Å². The maximum Gasteiger partial charge on any atom is 0.342 e. The van der Waals surface area contributed by atoms with Gasteiger partial charge in [0.25, 0.3) is 15.9 Å². The van der Waals surface area contributed by atoms with Gasteiger partial charge in [-0.2, -0.15) is 9.57 Å². The Hall–Kier alpha value is -3.67. The van der Waals surface area contributed by atoms with E-state index in [0.717, 1.165) is 27.7 Å². The summed E-state index contributed by atoms with van der Waals surface area (Å²) in [6.07, 6.45) is 0. The molecule has 3 heterocycles. The minimum absolute atomic E-state index is 0.0608. The number of likely N-dealkylation sites (N-methyl/N-ethyl adjacent to an activating group) is 1. The van der Waals surface area contributed by atoms with Gasteiger partial charge in [0.1, 0.15) is 11.1 Å². The summed E-state index contributed by atoms with van der Waals surface area (Å²) in [5, 5.41) is 11.0. The van der Waals surface area contributed by atoms with Crippen LogP contribution in [0.3, 0.4) is 0 Å². The molecular formula is C27H22Cl2N4O7S2. The molecule has 2 atom stereocenters. The average Bonchev–Trinajstić information content (AvgIpc) is 3.64. The van der Waals surface area contributed by atoms with Crippen molar-refractivity contribution in [2.75, 3.05) is 39.3 Å². The van der Waals surface area contributed by atoms with E-state index in [1.165, 1.54) is 42.6 Å². The number of carbonyl (C=O) groups is 3. The number of carbonyl (C=O) groups excluding carboxylic acids is 3. The molecule has 15 heteroatoms. The minimum Gasteiger partial charge on any atom is -0.494 e. The first kappa shape index (κ1) is 29.8. The number of methoxy groups -OCH3 is 2. The van der Waals surface area contributed by atoms with Crippen LogP contribution in [-0.2, 0) is 19.6 Å². The van der Waals surface area contributed by atoms with Crippen molar-refractivity contribution in [3.05, 3.63) is 74.6 Å². The summed E-state index contributed by atoms with van der Waals surface area (Å²) < 4.78 is 39.1. The summed E-state index contributed by atoms with van der Waals surface area (Å²) >= 11 is 13.1. The third-order valence-electron chi connectivity index (χ3n) is 7.48. The summed E-state index contributed by atoms with van der Waals surface area (Å²) in [6, 6.07) is 12.0. The molecule has 218 valence electrons. The molecule has 0 saturated carbocycles. The maximum atomic E-state index is 14.4. The summed E-state index contributed by atoms with van der Waals surface area (Å²) in [5.74, 6) is -2.47. The molecule has 3 amide bonds. The van der Waals surface area contributed by atoms with Crippen molar-refractivity contribution < 1.29 is 32.3 Å². The first-order chi connectivity index (χ1) is 19.9. The van der Waals surface area contributed by atoms with Crippen LogP contribution in [0, 0.1) is 11.3 Å². The molecule has 3 aromatic rings. The third kappa shape index (κ3) is 4.50. The zero-order valence-electron chi connectivity index (χ0n) is 22.3. The van der Waals surface area contributed by atoms with Crippen LogP contribution in [-0.4, -0.2) is 75.4 Å². The average molecular weight is 650 g/mol. The fourth-order valence-electron chi connectivity index (χ4n) is 5.42. The van der Waals surface area contributed by atoms with Crippen LogP contribution < -0.4 is 9.64 Å². The topological polar surface area (TPSA) is 137 Å². The summed E-state index contributed by atoms with van der Waals surface area (Å²) in [7, 11) is -0.533. The predicted octanol–water partition coefficient (Wildman–Crippen LogP) is 4.35. The van der Waals surface area contributed by atoms with Crippen LogP contribution in [0.2, 0.25) is 10.0 Å². The van der Waals surface area contributed by atoms with E-state index in [1.54, 1.807) is 24.3 Å². The highest BCUT2D eigenvalue weighted by atomic mass is 35.5. The number of hydrogen-bond donors (Lipinski definition) is 0. The van der Waals surface area contributed by atoms with Crippen molar-refractivity contribution >= 4 is 68.2 Å². The van der Waals surface area contributed by atoms with E-state index in [-0.39, 0.29) is 37.8 Å². The number of esters is 1. The highest BCUT2D eigenvalue weighted by molar-refractivity contribution is 7.91. The first-order valence-corrected chi connectivity index (χ1v) is 15.3. The number of benzene rings is 2. The highest BCUT2D eigenvalue weighted by Gasteiger charge is 2.66. The molecule has 0 unspecified atom stereocenters. The van der Waals surface area contributed by atoms with E-state index in [9.17, 15) is 28.1 Å². The van der Waals surface area contributed by atoms with Crippen molar-refractivity contribution in [1.29, 1.82) is 5.26 Å². The Balaban J connectivity index is 1.65. The Morgan fingerprint density at radius 1 is 1.12 bits per heavy atom. The highest BCUT2D eigenvalue weighted by Crippen LogP contribution is 2.49. The monoisotopic (exact) mass is 648 g/mol. The number of anilines is 1. The van der Waals surface area contributed by atoms with Crippen LogP contribution in [0.25, 0.3) is 0 Å². The quantitative estimate of drug-likeness (QED) is 0.284. The standard InChI is InChI=1S/C27H22Cl2N4O7S2/c1-31-26(36)33(19-9-17(28)8-18(29)10-19)25(35)27(31)14-32(12-21(27)16-6-4-15(11-30)5-7-16)42(37,38)24-22(39-2)20(13-41-24)23(34)40-3/h4-10,13,21H,12,14H2,1-3H3/t21-,27+/m0/s1. The second-order valence-corrected chi connectivity index (χ2v) is 13.5. The molecule has 0 aliphatic carbocycles. The van der Waals surface area contributed by atoms with Gasteiger partial charge in [-0.1, -0.05) is 35.3 Å². The number of ether oxygens (including phenoxy) is 2. The molecule has 5 rings (SSSR count). The van der Waals surface area contributed by atoms with Crippen LogP contribution >= 0.6 is 34.5 Å². The molecule has 2 fully saturated rings. The number of hydrogen-bond acceptors (Lipinski definition) is 9. The molecule has 42 heavy (non-hydrogen) atoms. The zero-order valence-corrected chi connectivity index (χ0v) is 25.5. The number of amides is 3. The number of imide groups is 1. The van der Waals surface area contributed by atoms with Crippen LogP contribution in [0.1, 0.15) is 27.4 Å². The second kappa shape index (κ2) is 10.9. The van der Waals surface area contributed by atoms with E-state index in [2.05, 4.69) is 0 Å². The van der Waals surface area contributed by atoms with E-state index < -0.39 is 45.9 Å². The largest absolute Gasteiger partial charge is 0.494 e. The normalized spacial score (nSPS) is 20.8. The van der Waals surface area contributed by atoms with Crippen molar-refractivity contribution in [2.45, 2.75) is 15.7 Å². The Kier molecular flexibility index (Phi) is 7.71. The summed E-state index contributed by atoms with van der Waals surface area (Å²) in [6.45, 7) is -0.600. The number of nitrogens with zero attached hydrogens (tertiary/aromatic N) is 4. The molecular weight excluding hydrogens is 627 g/mol. The predicted molar refractivity (Wildman–Crippen MR) is 155 cm³/mol. The van der Waals surface area contributed by atoms with Gasteiger partial charge in [0, 0.05) is 41.5 Å².